The van der Waals surface area contributed by atoms with E-state index in [-0.39, 0.29) is 11.3 Å². The lowest BCUT2D eigenvalue weighted by Gasteiger charge is -2.19. The second-order valence-electron chi connectivity index (χ2n) is 5.84. The number of aliphatic hydroxyl groups is 1. The molecule has 3 aromatic rings. The molecular formula is C19H16N4O. The predicted molar refractivity (Wildman–Crippen MR) is 93.6 cm³/mol. The lowest BCUT2D eigenvalue weighted by atomic mass is 10.2. The number of H-pyrrole nitrogens is 1. The molecule has 0 aliphatic carbocycles. The molecule has 0 amide bonds. The van der Waals surface area contributed by atoms with Crippen molar-refractivity contribution in [2.75, 3.05) is 18.0 Å². The highest BCUT2D eigenvalue weighted by atomic mass is 16.3. The summed E-state index contributed by atoms with van der Waals surface area (Å²) in [5.41, 5.74) is 4.20. The first-order valence-electron chi connectivity index (χ1n) is 7.86. The van der Waals surface area contributed by atoms with E-state index in [0.717, 1.165) is 29.7 Å². The number of fused-ring (bicyclic) bond motifs is 2. The Labute approximate surface area is 139 Å². The summed E-state index contributed by atoms with van der Waals surface area (Å²) in [5.74, 6) is 0.442. The molecule has 0 atom stereocenters. The number of benzene rings is 2. The number of aromatic amines is 1. The van der Waals surface area contributed by atoms with Crippen molar-refractivity contribution in [2.45, 2.75) is 6.42 Å². The van der Waals surface area contributed by atoms with Crippen LogP contribution in [-0.4, -0.2) is 28.2 Å². The van der Waals surface area contributed by atoms with Gasteiger partial charge in [-0.15, -0.1) is 0 Å². The summed E-state index contributed by atoms with van der Waals surface area (Å²) in [4.78, 5) is 9.60. The van der Waals surface area contributed by atoms with Crippen LogP contribution in [0, 0.1) is 11.3 Å². The number of para-hydroxylation sites is 3. The summed E-state index contributed by atoms with van der Waals surface area (Å²) in [6, 6.07) is 17.8. The number of aromatic nitrogens is 2. The largest absolute Gasteiger partial charge is 0.509 e. The van der Waals surface area contributed by atoms with E-state index in [1.165, 1.54) is 5.56 Å². The highest BCUT2D eigenvalue weighted by Gasteiger charge is 2.21. The molecule has 5 heteroatoms. The topological polar surface area (TPSA) is 75.9 Å². The SMILES string of the molecule is N#C/C(=C(/O)CN1CCc2ccccc21)c1nc2ccccc2[nH]1. The highest BCUT2D eigenvalue weighted by molar-refractivity contribution is 5.83. The van der Waals surface area contributed by atoms with Crippen molar-refractivity contribution >= 4 is 22.3 Å². The normalized spacial score (nSPS) is 14.4. The van der Waals surface area contributed by atoms with Crippen LogP contribution in [0.1, 0.15) is 11.4 Å². The molecule has 2 N–H and O–H groups in total. The van der Waals surface area contributed by atoms with Crippen LogP contribution < -0.4 is 4.90 Å². The van der Waals surface area contributed by atoms with Gasteiger partial charge in [0.15, 0.2) is 5.82 Å². The molecule has 2 aromatic carbocycles. The standard InChI is InChI=1S/C19H16N4O/c20-11-14(19-21-15-6-2-3-7-16(15)22-19)18(24)12-23-10-9-13-5-1-4-8-17(13)23/h1-8,24H,9-10,12H2,(H,21,22)/b18-14-. The summed E-state index contributed by atoms with van der Waals surface area (Å²) in [6.45, 7) is 1.14. The zero-order chi connectivity index (χ0) is 16.5. The Kier molecular flexibility index (Phi) is 3.43. The fraction of sp³-hybridized carbons (Fsp3) is 0.158. The van der Waals surface area contributed by atoms with Crippen molar-refractivity contribution in [1.29, 1.82) is 5.26 Å². The number of anilines is 1. The molecule has 1 aliphatic heterocycles. The summed E-state index contributed by atoms with van der Waals surface area (Å²) in [5, 5.41) is 20.0. The molecule has 118 valence electrons. The zero-order valence-corrected chi connectivity index (χ0v) is 13.0. The van der Waals surface area contributed by atoms with Gasteiger partial charge in [-0.2, -0.15) is 5.26 Å². The van der Waals surface area contributed by atoms with Gasteiger partial charge >= 0.3 is 0 Å². The molecule has 5 nitrogen and oxygen atoms in total. The van der Waals surface area contributed by atoms with E-state index in [0.29, 0.717) is 12.4 Å². The minimum atomic E-state index is 0.0354. The number of nitrogens with one attached hydrogen (secondary N) is 1. The summed E-state index contributed by atoms with van der Waals surface area (Å²) >= 11 is 0. The Morgan fingerprint density at radius 1 is 1.21 bits per heavy atom. The number of nitrogens with zero attached hydrogens (tertiary/aromatic N) is 3. The van der Waals surface area contributed by atoms with E-state index in [1.807, 2.05) is 42.5 Å². The molecule has 0 fully saturated rings. The molecule has 4 rings (SSSR count). The van der Waals surface area contributed by atoms with E-state index in [4.69, 9.17) is 0 Å². The fourth-order valence-corrected chi connectivity index (χ4v) is 3.16. The van der Waals surface area contributed by atoms with Crippen LogP contribution in [0.15, 0.2) is 54.3 Å². The van der Waals surface area contributed by atoms with Gasteiger partial charge in [0.1, 0.15) is 17.4 Å². The molecule has 0 saturated carbocycles. The molecule has 0 spiro atoms. The highest BCUT2D eigenvalue weighted by Crippen LogP contribution is 2.28. The van der Waals surface area contributed by atoms with Gasteiger partial charge in [0.25, 0.3) is 0 Å². The van der Waals surface area contributed by atoms with E-state index in [1.54, 1.807) is 0 Å². The van der Waals surface area contributed by atoms with Gasteiger partial charge in [0.05, 0.1) is 17.6 Å². The molecule has 1 aromatic heterocycles. The van der Waals surface area contributed by atoms with E-state index in [2.05, 4.69) is 27.0 Å². The van der Waals surface area contributed by atoms with Crippen molar-refractivity contribution in [3.63, 3.8) is 0 Å². The molecule has 24 heavy (non-hydrogen) atoms. The zero-order valence-electron chi connectivity index (χ0n) is 13.0. The van der Waals surface area contributed by atoms with Crippen LogP contribution in [0.3, 0.4) is 0 Å². The number of rotatable bonds is 3. The number of imidazole rings is 1. The van der Waals surface area contributed by atoms with Crippen molar-refractivity contribution in [1.82, 2.24) is 9.97 Å². The molecular weight excluding hydrogens is 300 g/mol. The lowest BCUT2D eigenvalue weighted by Crippen LogP contribution is -2.23. The van der Waals surface area contributed by atoms with Gasteiger partial charge in [0, 0.05) is 12.2 Å². The van der Waals surface area contributed by atoms with Crippen molar-refractivity contribution in [2.24, 2.45) is 0 Å². The van der Waals surface area contributed by atoms with Crippen LogP contribution in [-0.2, 0) is 6.42 Å². The maximum absolute atomic E-state index is 10.5. The van der Waals surface area contributed by atoms with Gasteiger partial charge in [-0.3, -0.25) is 0 Å². The van der Waals surface area contributed by atoms with E-state index >= 15 is 0 Å². The Hall–Kier alpha value is -3.26. The van der Waals surface area contributed by atoms with E-state index < -0.39 is 0 Å². The first-order valence-corrected chi connectivity index (χ1v) is 7.86. The van der Waals surface area contributed by atoms with Crippen LogP contribution in [0.25, 0.3) is 16.6 Å². The van der Waals surface area contributed by atoms with E-state index in [9.17, 15) is 10.4 Å². The molecule has 0 unspecified atom stereocenters. The fourth-order valence-electron chi connectivity index (χ4n) is 3.16. The second kappa shape index (κ2) is 5.74. The maximum Gasteiger partial charge on any atom is 0.152 e. The van der Waals surface area contributed by atoms with Gasteiger partial charge in [-0.1, -0.05) is 30.3 Å². The molecule has 0 bridgehead atoms. The summed E-state index contributed by atoms with van der Waals surface area (Å²) in [7, 11) is 0. The van der Waals surface area contributed by atoms with Crippen LogP contribution >= 0.6 is 0 Å². The summed E-state index contributed by atoms with van der Waals surface area (Å²) in [6.07, 6.45) is 0.954. The Balaban J connectivity index is 1.67. The Morgan fingerprint density at radius 2 is 2.00 bits per heavy atom. The molecule has 0 radical (unpaired) electrons. The van der Waals surface area contributed by atoms with Crippen LogP contribution in [0.4, 0.5) is 5.69 Å². The second-order valence-corrected chi connectivity index (χ2v) is 5.84. The third kappa shape index (κ3) is 2.38. The van der Waals surface area contributed by atoms with Gasteiger partial charge in [-0.05, 0) is 30.2 Å². The summed E-state index contributed by atoms with van der Waals surface area (Å²) < 4.78 is 0. The van der Waals surface area contributed by atoms with Gasteiger partial charge in [0.2, 0.25) is 0 Å². The third-order valence-electron chi connectivity index (χ3n) is 4.35. The number of hydrogen-bond donors (Lipinski definition) is 2. The lowest BCUT2D eigenvalue weighted by molar-refractivity contribution is 0.403. The average molecular weight is 316 g/mol. The number of aliphatic hydroxyl groups excluding tert-OH is 1. The Bertz CT molecular complexity index is 947. The van der Waals surface area contributed by atoms with Crippen LogP contribution in [0.2, 0.25) is 0 Å². The minimum absolute atomic E-state index is 0.0354. The first kappa shape index (κ1) is 14.3. The van der Waals surface area contributed by atoms with Crippen molar-refractivity contribution in [3.8, 4) is 6.07 Å². The van der Waals surface area contributed by atoms with Crippen molar-refractivity contribution < 1.29 is 5.11 Å². The quantitative estimate of drug-likeness (QED) is 0.573. The number of hydrogen-bond acceptors (Lipinski definition) is 4. The monoisotopic (exact) mass is 316 g/mol. The molecule has 2 heterocycles. The third-order valence-corrected chi connectivity index (χ3v) is 4.35. The van der Waals surface area contributed by atoms with Gasteiger partial charge < -0.3 is 15.0 Å². The smallest absolute Gasteiger partial charge is 0.152 e. The first-order chi connectivity index (χ1) is 11.8. The minimum Gasteiger partial charge on any atom is -0.509 e. The average Bonchev–Trinajstić information content (AvgIpc) is 3.20. The number of allylic oxidation sites excluding steroid dienone is 1. The Morgan fingerprint density at radius 3 is 2.83 bits per heavy atom. The molecule has 0 saturated heterocycles. The number of nitriles is 1. The maximum atomic E-state index is 10.5. The predicted octanol–water partition coefficient (Wildman–Crippen LogP) is 3.42. The van der Waals surface area contributed by atoms with Crippen molar-refractivity contribution in [3.05, 3.63) is 65.7 Å². The van der Waals surface area contributed by atoms with Crippen LogP contribution in [0.5, 0.6) is 0 Å². The van der Waals surface area contributed by atoms with Gasteiger partial charge in [-0.25, -0.2) is 4.98 Å². The molecule has 1 aliphatic rings.